The lowest BCUT2D eigenvalue weighted by Gasteiger charge is -2.23. The van der Waals surface area contributed by atoms with E-state index in [1.807, 2.05) is 25.1 Å². The van der Waals surface area contributed by atoms with Crippen molar-refractivity contribution in [3.63, 3.8) is 0 Å². The smallest absolute Gasteiger partial charge is 0.331 e. The van der Waals surface area contributed by atoms with E-state index < -0.39 is 11.5 Å². The van der Waals surface area contributed by atoms with Crippen LogP contribution < -0.4 is 5.32 Å². The molecule has 2 rings (SSSR count). The Balaban J connectivity index is 1.92. The lowest BCUT2D eigenvalue weighted by molar-refractivity contribution is -0.147. The second-order valence-corrected chi connectivity index (χ2v) is 6.18. The number of carboxylic acids is 1. The first kappa shape index (κ1) is 16.0. The van der Waals surface area contributed by atoms with Crippen molar-refractivity contribution in [1.29, 1.82) is 0 Å². The molecule has 1 heterocycles. The van der Waals surface area contributed by atoms with Crippen LogP contribution in [0.1, 0.15) is 24.0 Å². The minimum atomic E-state index is -1.26. The number of carboxylic acid groups (broad SMARTS) is 1. The third kappa shape index (κ3) is 3.83. The molecule has 1 aliphatic rings. The van der Waals surface area contributed by atoms with Gasteiger partial charge >= 0.3 is 5.97 Å². The van der Waals surface area contributed by atoms with Gasteiger partial charge in [-0.15, -0.1) is 0 Å². The second kappa shape index (κ2) is 6.58. The van der Waals surface area contributed by atoms with Crippen molar-refractivity contribution in [2.24, 2.45) is 0 Å². The number of ether oxygens (including phenoxy) is 1. The van der Waals surface area contributed by atoms with Crippen LogP contribution in [-0.2, 0) is 20.7 Å². The van der Waals surface area contributed by atoms with Gasteiger partial charge in [0, 0.05) is 23.9 Å². The number of rotatable bonds is 5. The summed E-state index contributed by atoms with van der Waals surface area (Å²) in [5.74, 6) is -1.30. The summed E-state index contributed by atoms with van der Waals surface area (Å²) in [4.78, 5) is 23.3. The Morgan fingerprint density at radius 3 is 2.81 bits per heavy atom. The van der Waals surface area contributed by atoms with Gasteiger partial charge in [0.25, 0.3) is 0 Å². The summed E-state index contributed by atoms with van der Waals surface area (Å²) in [7, 11) is 0. The van der Waals surface area contributed by atoms with Crippen molar-refractivity contribution < 1.29 is 19.4 Å². The Labute approximate surface area is 131 Å². The Morgan fingerprint density at radius 2 is 2.24 bits per heavy atom. The van der Waals surface area contributed by atoms with Crippen LogP contribution in [0.15, 0.2) is 22.7 Å². The van der Waals surface area contributed by atoms with E-state index in [1.54, 1.807) is 0 Å². The number of nitrogens with one attached hydrogen (secondary N) is 1. The van der Waals surface area contributed by atoms with Crippen molar-refractivity contribution >= 4 is 27.8 Å². The number of hydrogen-bond acceptors (Lipinski definition) is 3. The fourth-order valence-corrected chi connectivity index (χ4v) is 2.58. The van der Waals surface area contributed by atoms with Gasteiger partial charge < -0.3 is 15.2 Å². The van der Waals surface area contributed by atoms with Crippen LogP contribution in [0.4, 0.5) is 0 Å². The van der Waals surface area contributed by atoms with Gasteiger partial charge in [0.05, 0.1) is 6.61 Å². The molecular weight excluding hydrogens is 338 g/mol. The zero-order valence-corrected chi connectivity index (χ0v) is 13.4. The van der Waals surface area contributed by atoms with E-state index in [4.69, 9.17) is 4.74 Å². The first-order valence-corrected chi connectivity index (χ1v) is 7.59. The number of amides is 1. The van der Waals surface area contributed by atoms with Crippen molar-refractivity contribution in [2.75, 3.05) is 13.2 Å². The molecule has 21 heavy (non-hydrogen) atoms. The van der Waals surface area contributed by atoms with Gasteiger partial charge in [-0.2, -0.15) is 0 Å². The molecule has 5 nitrogen and oxygen atoms in total. The average Bonchev–Trinajstić information content (AvgIpc) is 2.90. The van der Waals surface area contributed by atoms with Crippen LogP contribution in [0.25, 0.3) is 0 Å². The molecule has 1 aromatic rings. The van der Waals surface area contributed by atoms with E-state index in [2.05, 4.69) is 21.2 Å². The van der Waals surface area contributed by atoms with Crippen LogP contribution in [0.3, 0.4) is 0 Å². The quantitative estimate of drug-likeness (QED) is 0.847. The van der Waals surface area contributed by atoms with Gasteiger partial charge in [-0.05, 0) is 30.5 Å². The molecule has 114 valence electrons. The highest BCUT2D eigenvalue weighted by Gasteiger charge is 2.43. The van der Waals surface area contributed by atoms with Gasteiger partial charge in [-0.3, -0.25) is 4.79 Å². The molecule has 1 aliphatic heterocycles. The molecule has 0 bridgehead atoms. The lowest BCUT2D eigenvalue weighted by Crippen LogP contribution is -2.55. The summed E-state index contributed by atoms with van der Waals surface area (Å²) >= 11 is 3.43. The van der Waals surface area contributed by atoms with Crippen LogP contribution >= 0.6 is 15.9 Å². The van der Waals surface area contributed by atoms with Crippen LogP contribution in [-0.4, -0.2) is 35.7 Å². The monoisotopic (exact) mass is 355 g/mol. The number of hydrogen-bond donors (Lipinski definition) is 2. The Morgan fingerprint density at radius 1 is 1.48 bits per heavy atom. The maximum atomic E-state index is 12.0. The first-order chi connectivity index (χ1) is 9.93. The largest absolute Gasteiger partial charge is 0.479 e. The average molecular weight is 356 g/mol. The SMILES string of the molecule is Cc1cc(CCC(=O)NC2(C(=O)O)CCOC2)ccc1Br. The number of halogens is 1. The molecule has 1 unspecified atom stereocenters. The van der Waals surface area contributed by atoms with Crippen LogP contribution in [0.5, 0.6) is 0 Å². The minimum absolute atomic E-state index is 0.0332. The third-order valence-electron chi connectivity index (χ3n) is 3.67. The molecule has 1 aromatic carbocycles. The highest BCUT2D eigenvalue weighted by molar-refractivity contribution is 9.10. The molecule has 0 saturated carbocycles. The molecule has 1 saturated heterocycles. The second-order valence-electron chi connectivity index (χ2n) is 5.32. The van der Waals surface area contributed by atoms with Gasteiger partial charge in [-0.1, -0.05) is 28.1 Å². The topological polar surface area (TPSA) is 75.6 Å². The van der Waals surface area contributed by atoms with Gasteiger partial charge in [0.2, 0.25) is 5.91 Å². The number of aryl methyl sites for hydroxylation is 2. The summed E-state index contributed by atoms with van der Waals surface area (Å²) in [6, 6.07) is 5.92. The van der Waals surface area contributed by atoms with E-state index in [9.17, 15) is 14.7 Å². The molecule has 0 radical (unpaired) electrons. The summed E-state index contributed by atoms with van der Waals surface area (Å²) in [6.07, 6.45) is 1.15. The predicted octanol–water partition coefficient (Wildman–Crippen LogP) is 2.05. The van der Waals surface area contributed by atoms with Crippen molar-refractivity contribution in [1.82, 2.24) is 5.32 Å². The minimum Gasteiger partial charge on any atom is -0.479 e. The summed E-state index contributed by atoms with van der Waals surface area (Å²) in [6.45, 7) is 2.38. The predicted molar refractivity (Wildman–Crippen MR) is 81.1 cm³/mol. The van der Waals surface area contributed by atoms with E-state index in [0.29, 0.717) is 19.4 Å². The number of aliphatic carboxylic acids is 1. The number of carbonyl (C=O) groups excluding carboxylic acids is 1. The molecule has 0 aliphatic carbocycles. The summed E-state index contributed by atoms with van der Waals surface area (Å²) in [5, 5.41) is 11.9. The van der Waals surface area contributed by atoms with E-state index in [0.717, 1.165) is 15.6 Å². The molecule has 1 atom stereocenters. The number of benzene rings is 1. The van der Waals surface area contributed by atoms with Crippen molar-refractivity contribution in [3.05, 3.63) is 33.8 Å². The maximum Gasteiger partial charge on any atom is 0.331 e. The molecule has 1 fully saturated rings. The van der Waals surface area contributed by atoms with Crippen molar-refractivity contribution in [3.8, 4) is 0 Å². The fourth-order valence-electron chi connectivity index (χ4n) is 2.34. The maximum absolute atomic E-state index is 12.0. The lowest BCUT2D eigenvalue weighted by atomic mass is 9.98. The molecule has 1 amide bonds. The highest BCUT2D eigenvalue weighted by Crippen LogP contribution is 2.20. The summed E-state index contributed by atoms with van der Waals surface area (Å²) < 4.78 is 6.14. The van der Waals surface area contributed by atoms with E-state index in [-0.39, 0.29) is 18.9 Å². The van der Waals surface area contributed by atoms with E-state index in [1.165, 1.54) is 0 Å². The van der Waals surface area contributed by atoms with E-state index >= 15 is 0 Å². The van der Waals surface area contributed by atoms with Gasteiger partial charge in [0.1, 0.15) is 0 Å². The first-order valence-electron chi connectivity index (χ1n) is 6.80. The zero-order valence-electron chi connectivity index (χ0n) is 11.8. The molecular formula is C15H18BrNO4. The zero-order chi connectivity index (χ0) is 15.5. The normalized spacial score (nSPS) is 21.2. The van der Waals surface area contributed by atoms with Crippen LogP contribution in [0.2, 0.25) is 0 Å². The summed E-state index contributed by atoms with van der Waals surface area (Å²) in [5.41, 5.74) is 0.907. The molecule has 2 N–H and O–H groups in total. The number of carbonyl (C=O) groups is 2. The van der Waals surface area contributed by atoms with Gasteiger partial charge in [-0.25, -0.2) is 4.79 Å². The van der Waals surface area contributed by atoms with Crippen LogP contribution in [0, 0.1) is 6.92 Å². The van der Waals surface area contributed by atoms with Crippen molar-refractivity contribution in [2.45, 2.75) is 31.7 Å². The standard InChI is InChI=1S/C15H18BrNO4/c1-10-8-11(2-4-12(10)16)3-5-13(18)17-15(14(19)20)6-7-21-9-15/h2,4,8H,3,5-7,9H2,1H3,(H,17,18)(H,19,20). The highest BCUT2D eigenvalue weighted by atomic mass is 79.9. The Bertz CT molecular complexity index is 553. The third-order valence-corrected chi connectivity index (χ3v) is 4.56. The molecule has 6 heteroatoms. The Hall–Kier alpha value is -1.40. The molecule has 0 spiro atoms. The fraction of sp³-hybridized carbons (Fsp3) is 0.467. The Kier molecular flexibility index (Phi) is 5.00. The van der Waals surface area contributed by atoms with Gasteiger partial charge in [0.15, 0.2) is 5.54 Å². The molecule has 0 aromatic heterocycles.